The fraction of sp³-hybridized carbons (Fsp3) is 0.421. The summed E-state index contributed by atoms with van der Waals surface area (Å²) in [5, 5.41) is 11.8. The average molecular weight is 408 g/mol. The lowest BCUT2D eigenvalue weighted by Gasteiger charge is -2.12. The third kappa shape index (κ3) is 6.92. The minimum atomic E-state index is -0.0337. The van der Waals surface area contributed by atoms with Gasteiger partial charge in [-0.15, -0.1) is 10.2 Å². The number of halogens is 1. The van der Waals surface area contributed by atoms with Gasteiger partial charge in [0.15, 0.2) is 6.61 Å². The van der Waals surface area contributed by atoms with Crippen LogP contribution in [0.15, 0.2) is 45.6 Å². The predicted octanol–water partition coefficient (Wildman–Crippen LogP) is 4.40. The predicted molar refractivity (Wildman–Crippen MR) is 105 cm³/mol. The molecule has 2 aromatic rings. The Labute approximate surface area is 167 Å². The second-order valence-electron chi connectivity index (χ2n) is 6.20. The van der Waals surface area contributed by atoms with Crippen molar-refractivity contribution in [3.05, 3.63) is 46.8 Å². The Kier molecular flexibility index (Phi) is 7.59. The lowest BCUT2D eigenvalue weighted by molar-refractivity contribution is -0.118. The lowest BCUT2D eigenvalue weighted by Crippen LogP contribution is -2.26. The first kappa shape index (κ1) is 19.8. The third-order valence-electron chi connectivity index (χ3n) is 4.10. The van der Waals surface area contributed by atoms with Gasteiger partial charge in [0.05, 0.1) is 5.75 Å². The molecule has 1 aromatic carbocycles. The SMILES string of the molecule is O=C(CSc1nnc(COc2ccc(Cl)cc2)o1)NCCC1=CCCCC1. The highest BCUT2D eigenvalue weighted by atomic mass is 35.5. The van der Waals surface area contributed by atoms with Gasteiger partial charge in [0.2, 0.25) is 5.91 Å². The maximum Gasteiger partial charge on any atom is 0.277 e. The molecule has 8 heteroatoms. The molecular weight excluding hydrogens is 386 g/mol. The fourth-order valence-corrected chi connectivity index (χ4v) is 3.44. The number of amides is 1. The number of aromatic nitrogens is 2. The zero-order chi connectivity index (χ0) is 18.9. The molecule has 0 saturated heterocycles. The monoisotopic (exact) mass is 407 g/mol. The zero-order valence-electron chi connectivity index (χ0n) is 14.9. The van der Waals surface area contributed by atoms with E-state index in [2.05, 4.69) is 21.6 Å². The highest BCUT2D eigenvalue weighted by Crippen LogP contribution is 2.20. The maximum absolute atomic E-state index is 11.9. The minimum Gasteiger partial charge on any atom is -0.484 e. The summed E-state index contributed by atoms with van der Waals surface area (Å²) in [4.78, 5) is 11.9. The number of nitrogens with zero attached hydrogens (tertiary/aromatic N) is 2. The van der Waals surface area contributed by atoms with Crippen molar-refractivity contribution >= 4 is 29.3 Å². The summed E-state index contributed by atoms with van der Waals surface area (Å²) < 4.78 is 11.0. The maximum atomic E-state index is 11.9. The molecule has 0 bridgehead atoms. The number of thioether (sulfide) groups is 1. The first-order valence-corrected chi connectivity index (χ1v) is 10.3. The van der Waals surface area contributed by atoms with E-state index in [1.807, 2.05) is 0 Å². The molecule has 27 heavy (non-hydrogen) atoms. The average Bonchev–Trinajstić information content (AvgIpc) is 3.15. The normalized spacial score (nSPS) is 13.9. The number of carbonyl (C=O) groups is 1. The van der Waals surface area contributed by atoms with Crippen LogP contribution in [0.2, 0.25) is 5.02 Å². The molecule has 1 aromatic heterocycles. The highest BCUT2D eigenvalue weighted by Gasteiger charge is 2.11. The Hall–Kier alpha value is -1.99. The molecule has 1 amide bonds. The van der Waals surface area contributed by atoms with E-state index in [0.29, 0.717) is 28.4 Å². The first-order chi connectivity index (χ1) is 13.2. The van der Waals surface area contributed by atoms with Crippen LogP contribution in [0.4, 0.5) is 0 Å². The summed E-state index contributed by atoms with van der Waals surface area (Å²) in [6.07, 6.45) is 8.10. The zero-order valence-corrected chi connectivity index (χ0v) is 16.5. The number of allylic oxidation sites excluding steroid dienone is 1. The van der Waals surface area contributed by atoms with Gasteiger partial charge in [0, 0.05) is 11.6 Å². The van der Waals surface area contributed by atoms with Gasteiger partial charge in [-0.25, -0.2) is 0 Å². The van der Waals surface area contributed by atoms with Gasteiger partial charge in [0.25, 0.3) is 11.1 Å². The fourth-order valence-electron chi connectivity index (χ4n) is 2.70. The summed E-state index contributed by atoms with van der Waals surface area (Å²) in [6.45, 7) is 0.839. The van der Waals surface area contributed by atoms with Gasteiger partial charge < -0.3 is 14.5 Å². The molecule has 0 unspecified atom stereocenters. The van der Waals surface area contributed by atoms with E-state index >= 15 is 0 Å². The van der Waals surface area contributed by atoms with Crippen molar-refractivity contribution in [2.45, 2.75) is 43.9 Å². The Morgan fingerprint density at radius 1 is 1.26 bits per heavy atom. The van der Waals surface area contributed by atoms with Crippen molar-refractivity contribution in [1.82, 2.24) is 15.5 Å². The largest absolute Gasteiger partial charge is 0.484 e. The Bertz CT molecular complexity index is 777. The number of benzene rings is 1. The number of hydrogen-bond acceptors (Lipinski definition) is 6. The molecule has 1 N–H and O–H groups in total. The number of hydrogen-bond donors (Lipinski definition) is 1. The standard InChI is InChI=1S/C19H22ClN3O3S/c20-15-6-8-16(9-7-15)25-12-18-22-23-19(26-18)27-13-17(24)21-11-10-14-4-2-1-3-5-14/h4,6-9H,1-3,5,10-13H2,(H,21,24). The number of rotatable bonds is 9. The number of ether oxygens (including phenoxy) is 1. The second kappa shape index (κ2) is 10.4. The van der Waals surface area contributed by atoms with Crippen molar-refractivity contribution in [2.24, 2.45) is 0 Å². The van der Waals surface area contributed by atoms with Gasteiger partial charge in [-0.05, 0) is 56.4 Å². The summed E-state index contributed by atoms with van der Waals surface area (Å²) in [5.74, 6) is 1.24. The van der Waals surface area contributed by atoms with Gasteiger partial charge in [-0.2, -0.15) is 0 Å². The lowest BCUT2D eigenvalue weighted by atomic mass is 9.97. The molecule has 1 aliphatic rings. The molecule has 0 radical (unpaired) electrons. The van der Waals surface area contributed by atoms with Gasteiger partial charge in [0.1, 0.15) is 5.75 Å². The molecule has 1 heterocycles. The molecule has 6 nitrogen and oxygen atoms in total. The van der Waals surface area contributed by atoms with E-state index in [0.717, 1.165) is 12.8 Å². The van der Waals surface area contributed by atoms with E-state index in [9.17, 15) is 4.79 Å². The Morgan fingerprint density at radius 2 is 2.11 bits per heavy atom. The molecule has 0 saturated carbocycles. The Morgan fingerprint density at radius 3 is 2.89 bits per heavy atom. The Balaban J connectivity index is 1.34. The van der Waals surface area contributed by atoms with Crippen LogP contribution in [-0.4, -0.2) is 28.4 Å². The van der Waals surface area contributed by atoms with Gasteiger partial charge >= 0.3 is 0 Å². The molecular formula is C19H22ClN3O3S. The molecule has 0 spiro atoms. The van der Waals surface area contributed by atoms with E-state index in [1.54, 1.807) is 24.3 Å². The van der Waals surface area contributed by atoms with Crippen molar-refractivity contribution in [2.75, 3.05) is 12.3 Å². The van der Waals surface area contributed by atoms with Crippen LogP contribution >= 0.6 is 23.4 Å². The minimum absolute atomic E-state index is 0.0337. The second-order valence-corrected chi connectivity index (χ2v) is 7.56. The van der Waals surface area contributed by atoms with E-state index in [-0.39, 0.29) is 18.3 Å². The first-order valence-electron chi connectivity index (χ1n) is 8.97. The van der Waals surface area contributed by atoms with E-state index < -0.39 is 0 Å². The molecule has 0 aliphatic heterocycles. The summed E-state index contributed by atoms with van der Waals surface area (Å²) in [6, 6.07) is 7.02. The summed E-state index contributed by atoms with van der Waals surface area (Å²) in [7, 11) is 0. The molecule has 3 rings (SSSR count). The van der Waals surface area contributed by atoms with Crippen LogP contribution in [0.3, 0.4) is 0 Å². The van der Waals surface area contributed by atoms with Crippen molar-refractivity contribution in [1.29, 1.82) is 0 Å². The van der Waals surface area contributed by atoms with Gasteiger partial charge in [-0.1, -0.05) is 35.0 Å². The summed E-state index contributed by atoms with van der Waals surface area (Å²) >= 11 is 7.05. The van der Waals surface area contributed by atoms with Crippen molar-refractivity contribution in [3.8, 4) is 5.75 Å². The molecule has 0 fully saturated rings. The smallest absolute Gasteiger partial charge is 0.277 e. The van der Waals surface area contributed by atoms with Crippen LogP contribution in [0.5, 0.6) is 5.75 Å². The van der Waals surface area contributed by atoms with E-state index in [4.69, 9.17) is 20.8 Å². The van der Waals surface area contributed by atoms with Crippen molar-refractivity contribution in [3.63, 3.8) is 0 Å². The highest BCUT2D eigenvalue weighted by molar-refractivity contribution is 7.99. The van der Waals surface area contributed by atoms with Crippen LogP contribution in [0.25, 0.3) is 0 Å². The quantitative estimate of drug-likeness (QED) is 0.490. The van der Waals surface area contributed by atoms with E-state index in [1.165, 1.54) is 36.6 Å². The van der Waals surface area contributed by atoms with Crippen LogP contribution < -0.4 is 10.1 Å². The number of carbonyl (C=O) groups excluding carboxylic acids is 1. The molecule has 1 aliphatic carbocycles. The van der Waals surface area contributed by atoms with Crippen molar-refractivity contribution < 1.29 is 13.9 Å². The molecule has 0 atom stereocenters. The third-order valence-corrected chi connectivity index (χ3v) is 5.17. The van der Waals surface area contributed by atoms with Crippen LogP contribution in [-0.2, 0) is 11.4 Å². The summed E-state index contributed by atoms with van der Waals surface area (Å²) in [5.41, 5.74) is 1.46. The number of nitrogens with one attached hydrogen (secondary N) is 1. The topological polar surface area (TPSA) is 77.2 Å². The van der Waals surface area contributed by atoms with Crippen LogP contribution in [0.1, 0.15) is 38.0 Å². The van der Waals surface area contributed by atoms with Crippen LogP contribution in [0, 0.1) is 0 Å². The van der Waals surface area contributed by atoms with Gasteiger partial charge in [-0.3, -0.25) is 4.79 Å². The molecule has 144 valence electrons.